The molecule has 0 bridgehead atoms. The van der Waals surface area contributed by atoms with Crippen LogP contribution in [0.15, 0.2) is 29.9 Å². The van der Waals surface area contributed by atoms with Crippen molar-refractivity contribution in [1.82, 2.24) is 20.9 Å². The number of carbonyl (C=O) groups is 4. The molecule has 0 aromatic carbocycles. The van der Waals surface area contributed by atoms with Gasteiger partial charge in [0.1, 0.15) is 11.4 Å². The van der Waals surface area contributed by atoms with E-state index in [4.69, 9.17) is 9.47 Å². The SMILES string of the molecule is C=C(NC(=O)c1csc(N2CCC(COC(=O)NCCCOC)CC2)n1)C(=O)NC(=C)C(=O)OC. The number of thiazole rings is 1. The fraction of sp³-hybridized carbons (Fsp3) is 0.500. The molecule has 13 heteroatoms. The summed E-state index contributed by atoms with van der Waals surface area (Å²) in [4.78, 5) is 53.9. The highest BCUT2D eigenvalue weighted by Crippen LogP contribution is 2.26. The quantitative estimate of drug-likeness (QED) is 0.214. The van der Waals surface area contributed by atoms with Gasteiger partial charge in [-0.3, -0.25) is 9.59 Å². The number of amides is 3. The van der Waals surface area contributed by atoms with Gasteiger partial charge in [-0.2, -0.15) is 0 Å². The summed E-state index contributed by atoms with van der Waals surface area (Å²) >= 11 is 1.31. The van der Waals surface area contributed by atoms with Crippen molar-refractivity contribution in [1.29, 1.82) is 0 Å². The molecule has 1 aliphatic heterocycles. The number of esters is 1. The Morgan fingerprint density at radius 2 is 1.86 bits per heavy atom. The first-order valence-corrected chi connectivity index (χ1v) is 11.8. The molecular formula is C22H31N5O7S. The summed E-state index contributed by atoms with van der Waals surface area (Å²) in [6.45, 7) is 9.73. The zero-order valence-electron chi connectivity index (χ0n) is 19.9. The van der Waals surface area contributed by atoms with Gasteiger partial charge in [0.25, 0.3) is 11.8 Å². The maximum absolute atomic E-state index is 12.4. The number of nitrogens with one attached hydrogen (secondary N) is 3. The van der Waals surface area contributed by atoms with E-state index >= 15 is 0 Å². The van der Waals surface area contributed by atoms with Crippen molar-refractivity contribution in [2.24, 2.45) is 5.92 Å². The number of methoxy groups -OCH3 is 2. The minimum absolute atomic E-state index is 0.140. The number of ether oxygens (including phenoxy) is 3. The number of piperidine rings is 1. The molecule has 0 saturated carbocycles. The van der Waals surface area contributed by atoms with Gasteiger partial charge in [-0.25, -0.2) is 14.6 Å². The van der Waals surface area contributed by atoms with Gasteiger partial charge in [0, 0.05) is 38.7 Å². The van der Waals surface area contributed by atoms with Gasteiger partial charge in [0.2, 0.25) is 0 Å². The van der Waals surface area contributed by atoms with Crippen molar-refractivity contribution >= 4 is 40.3 Å². The molecule has 0 spiro atoms. The van der Waals surface area contributed by atoms with E-state index in [0.29, 0.717) is 38.0 Å². The van der Waals surface area contributed by atoms with Crippen molar-refractivity contribution in [2.45, 2.75) is 19.3 Å². The Kier molecular flexibility index (Phi) is 11.2. The zero-order chi connectivity index (χ0) is 25.8. The lowest BCUT2D eigenvalue weighted by Crippen LogP contribution is -2.37. The van der Waals surface area contributed by atoms with Gasteiger partial charge in [0.05, 0.1) is 19.4 Å². The van der Waals surface area contributed by atoms with Gasteiger partial charge in [-0.15, -0.1) is 11.3 Å². The van der Waals surface area contributed by atoms with Gasteiger partial charge < -0.3 is 35.1 Å². The van der Waals surface area contributed by atoms with E-state index in [9.17, 15) is 19.2 Å². The molecule has 0 aliphatic carbocycles. The number of alkyl carbamates (subject to hydrolysis) is 1. The lowest BCUT2D eigenvalue weighted by molar-refractivity contribution is -0.137. The molecule has 0 unspecified atom stereocenters. The Morgan fingerprint density at radius 1 is 1.14 bits per heavy atom. The molecule has 2 heterocycles. The largest absolute Gasteiger partial charge is 0.464 e. The molecular weight excluding hydrogens is 478 g/mol. The molecule has 1 fully saturated rings. The topological polar surface area (TPSA) is 148 Å². The standard InChI is InChI=1S/C22H31N5O7S/c1-14(18(28)25-15(2)20(30)33-4)24-19(29)17-13-35-21(26-17)27-9-6-16(7-10-27)12-34-22(31)23-8-5-11-32-3/h13,16H,1-2,5-12H2,3-4H3,(H,23,31)(H,24,29)(H,25,28). The van der Waals surface area contributed by atoms with Crippen LogP contribution in [-0.2, 0) is 23.8 Å². The van der Waals surface area contributed by atoms with Crippen LogP contribution in [0, 0.1) is 5.92 Å². The molecule has 1 aromatic heterocycles. The van der Waals surface area contributed by atoms with Crippen LogP contribution in [0.5, 0.6) is 0 Å². The molecule has 1 aliphatic rings. The highest BCUT2D eigenvalue weighted by atomic mass is 32.1. The van der Waals surface area contributed by atoms with Crippen molar-refractivity contribution in [3.63, 3.8) is 0 Å². The molecule has 35 heavy (non-hydrogen) atoms. The fourth-order valence-corrected chi connectivity index (χ4v) is 3.96. The maximum atomic E-state index is 12.4. The molecule has 3 amide bonds. The van der Waals surface area contributed by atoms with Crippen molar-refractivity contribution in [3.8, 4) is 0 Å². The summed E-state index contributed by atoms with van der Waals surface area (Å²) in [6, 6.07) is 0. The summed E-state index contributed by atoms with van der Waals surface area (Å²) < 4.78 is 14.7. The third kappa shape index (κ3) is 9.02. The molecule has 12 nitrogen and oxygen atoms in total. The highest BCUT2D eigenvalue weighted by Gasteiger charge is 2.24. The molecule has 0 atom stereocenters. The van der Waals surface area contributed by atoms with E-state index in [-0.39, 0.29) is 23.0 Å². The number of hydrogen-bond acceptors (Lipinski definition) is 10. The highest BCUT2D eigenvalue weighted by molar-refractivity contribution is 7.13. The predicted octanol–water partition coefficient (Wildman–Crippen LogP) is 1.17. The number of aromatic nitrogens is 1. The third-order valence-electron chi connectivity index (χ3n) is 5.09. The van der Waals surface area contributed by atoms with E-state index < -0.39 is 23.9 Å². The van der Waals surface area contributed by atoms with Crippen molar-refractivity contribution < 1.29 is 33.4 Å². The second-order valence-electron chi connectivity index (χ2n) is 7.67. The summed E-state index contributed by atoms with van der Waals surface area (Å²) in [5, 5.41) is 9.51. The number of anilines is 1. The third-order valence-corrected chi connectivity index (χ3v) is 5.99. The molecule has 2 rings (SSSR count). The van der Waals surface area contributed by atoms with Crippen LogP contribution < -0.4 is 20.9 Å². The molecule has 1 saturated heterocycles. The second-order valence-corrected chi connectivity index (χ2v) is 8.51. The monoisotopic (exact) mass is 509 g/mol. The Hall–Kier alpha value is -3.45. The van der Waals surface area contributed by atoms with E-state index in [0.717, 1.165) is 26.4 Å². The van der Waals surface area contributed by atoms with Crippen LogP contribution >= 0.6 is 11.3 Å². The number of nitrogens with zero attached hydrogens (tertiary/aromatic N) is 2. The maximum Gasteiger partial charge on any atom is 0.407 e. The smallest absolute Gasteiger partial charge is 0.407 e. The van der Waals surface area contributed by atoms with Gasteiger partial charge in [-0.1, -0.05) is 13.2 Å². The molecule has 0 radical (unpaired) electrons. The Bertz CT molecular complexity index is 940. The van der Waals surface area contributed by atoms with Crippen LogP contribution in [-0.4, -0.2) is 75.9 Å². The zero-order valence-corrected chi connectivity index (χ0v) is 20.7. The van der Waals surface area contributed by atoms with Crippen LogP contribution in [0.2, 0.25) is 0 Å². The van der Waals surface area contributed by atoms with Crippen LogP contribution in [0.4, 0.5) is 9.93 Å². The number of hydrogen-bond donors (Lipinski definition) is 3. The van der Waals surface area contributed by atoms with E-state index in [1.807, 2.05) is 0 Å². The van der Waals surface area contributed by atoms with Crippen LogP contribution in [0.25, 0.3) is 0 Å². The average Bonchev–Trinajstić information content (AvgIpc) is 3.35. The predicted molar refractivity (Wildman–Crippen MR) is 129 cm³/mol. The molecule has 3 N–H and O–H groups in total. The van der Waals surface area contributed by atoms with Crippen LogP contribution in [0.1, 0.15) is 29.8 Å². The van der Waals surface area contributed by atoms with Gasteiger partial charge >= 0.3 is 12.1 Å². The summed E-state index contributed by atoms with van der Waals surface area (Å²) in [6.07, 6.45) is 1.94. The first-order chi connectivity index (χ1) is 16.7. The average molecular weight is 510 g/mol. The summed E-state index contributed by atoms with van der Waals surface area (Å²) in [5.41, 5.74) is -0.403. The van der Waals surface area contributed by atoms with E-state index in [1.54, 1.807) is 12.5 Å². The van der Waals surface area contributed by atoms with E-state index in [2.05, 4.69) is 43.7 Å². The van der Waals surface area contributed by atoms with Gasteiger partial charge in [0.15, 0.2) is 5.13 Å². The normalized spacial score (nSPS) is 13.5. The first-order valence-electron chi connectivity index (χ1n) is 10.9. The van der Waals surface area contributed by atoms with Crippen LogP contribution in [0.3, 0.4) is 0 Å². The molecule has 1 aromatic rings. The second kappa shape index (κ2) is 14.1. The van der Waals surface area contributed by atoms with Crippen molar-refractivity contribution in [2.75, 3.05) is 52.0 Å². The Morgan fingerprint density at radius 3 is 2.51 bits per heavy atom. The summed E-state index contributed by atoms with van der Waals surface area (Å²) in [5.74, 6) is -1.95. The Balaban J connectivity index is 1.75. The molecule has 192 valence electrons. The number of rotatable bonds is 12. The minimum atomic E-state index is -0.807. The Labute approximate surface area is 207 Å². The van der Waals surface area contributed by atoms with E-state index in [1.165, 1.54) is 11.3 Å². The van der Waals surface area contributed by atoms with Crippen molar-refractivity contribution in [3.05, 3.63) is 35.6 Å². The fourth-order valence-electron chi connectivity index (χ4n) is 3.10. The number of carbonyl (C=O) groups excluding carboxylic acids is 4. The summed E-state index contributed by atoms with van der Waals surface area (Å²) in [7, 11) is 2.76. The lowest BCUT2D eigenvalue weighted by atomic mass is 9.98. The first kappa shape index (κ1) is 27.8. The lowest BCUT2D eigenvalue weighted by Gasteiger charge is -2.31. The van der Waals surface area contributed by atoms with Gasteiger partial charge in [-0.05, 0) is 25.2 Å². The minimum Gasteiger partial charge on any atom is -0.464 e.